The van der Waals surface area contributed by atoms with Gasteiger partial charge >= 0.3 is 12.3 Å². The van der Waals surface area contributed by atoms with E-state index in [1.807, 2.05) is 0 Å². The van der Waals surface area contributed by atoms with Crippen LogP contribution < -0.4 is 5.32 Å². The Morgan fingerprint density at radius 3 is 2.24 bits per heavy atom. The van der Waals surface area contributed by atoms with Crippen LogP contribution in [0, 0.1) is 5.92 Å². The summed E-state index contributed by atoms with van der Waals surface area (Å²) in [4.78, 5) is 22.0. The molecule has 0 saturated heterocycles. The minimum absolute atomic E-state index is 0.0205. The number of hydrogen-bond donors (Lipinski definition) is 1. The topological polar surface area (TPSA) is 46.2 Å². The number of halogens is 5. The summed E-state index contributed by atoms with van der Waals surface area (Å²) in [6.45, 7) is 1.25. The third-order valence-corrected chi connectivity index (χ3v) is 2.72. The van der Waals surface area contributed by atoms with Crippen LogP contribution in [0.1, 0.15) is 13.3 Å². The highest BCUT2D eigenvalue weighted by Crippen LogP contribution is 2.22. The molecule has 100 valence electrons. The summed E-state index contributed by atoms with van der Waals surface area (Å²) in [5.41, 5.74) is 0. The predicted molar refractivity (Wildman–Crippen MR) is 56.5 cm³/mol. The van der Waals surface area contributed by atoms with Gasteiger partial charge < -0.3 is 5.32 Å². The lowest BCUT2D eigenvalue weighted by atomic mass is 10.0. The second-order valence-corrected chi connectivity index (χ2v) is 3.90. The first-order valence-corrected chi connectivity index (χ1v) is 5.92. The molecule has 0 aliphatic heterocycles. The zero-order chi connectivity index (χ0) is 13.6. The van der Waals surface area contributed by atoms with Crippen molar-refractivity contribution in [2.24, 2.45) is 5.92 Å². The van der Waals surface area contributed by atoms with E-state index in [1.54, 1.807) is 12.2 Å². The summed E-state index contributed by atoms with van der Waals surface area (Å²) in [7, 11) is 0. The Hall–Kier alpha value is -0.660. The number of Topliss-reactive ketones (excluding diaryl/α,β-unsaturated/α-hetero) is 1. The summed E-state index contributed by atoms with van der Waals surface area (Å²) in [6.07, 6.45) is -3.74. The first kappa shape index (κ1) is 16.3. The van der Waals surface area contributed by atoms with Gasteiger partial charge in [-0.3, -0.25) is 9.59 Å². The van der Waals surface area contributed by atoms with E-state index in [4.69, 9.17) is 0 Å². The Labute approximate surface area is 104 Å². The van der Waals surface area contributed by atoms with Gasteiger partial charge in [0.2, 0.25) is 0 Å². The van der Waals surface area contributed by atoms with Crippen molar-refractivity contribution in [3.05, 3.63) is 0 Å². The zero-order valence-corrected chi connectivity index (χ0v) is 10.6. The quantitative estimate of drug-likeness (QED) is 0.576. The van der Waals surface area contributed by atoms with Crippen LogP contribution >= 0.6 is 15.9 Å². The molecule has 3 nitrogen and oxygen atoms in total. The van der Waals surface area contributed by atoms with Crippen molar-refractivity contribution in [1.82, 2.24) is 5.32 Å². The average Bonchev–Trinajstić information content (AvgIpc) is 2.28. The van der Waals surface area contributed by atoms with Crippen molar-refractivity contribution in [3.8, 4) is 0 Å². The van der Waals surface area contributed by atoms with Crippen LogP contribution in [0.15, 0.2) is 0 Å². The van der Waals surface area contributed by atoms with E-state index in [0.717, 1.165) is 0 Å². The normalized spacial score (nSPS) is 13.6. The Bertz CT molecular complexity index is 286. The molecular formula is C9H12BrF4NO2. The van der Waals surface area contributed by atoms with Crippen LogP contribution in [0.4, 0.5) is 17.6 Å². The maximum Gasteiger partial charge on any atom is 0.383 e. The Balaban J connectivity index is 4.37. The number of ketones is 1. The van der Waals surface area contributed by atoms with Gasteiger partial charge in [0, 0.05) is 12.5 Å². The fourth-order valence-electron chi connectivity index (χ4n) is 1.03. The fourth-order valence-corrected chi connectivity index (χ4v) is 1.49. The SMILES string of the molecule is CCC(CNC(=O)C(F)(F)C(F)F)C(=O)CBr. The number of alkyl halides is 5. The molecule has 0 radical (unpaired) electrons. The smallest absolute Gasteiger partial charge is 0.350 e. The minimum atomic E-state index is -4.73. The monoisotopic (exact) mass is 321 g/mol. The molecule has 8 heteroatoms. The van der Waals surface area contributed by atoms with Crippen molar-refractivity contribution in [3.63, 3.8) is 0 Å². The Morgan fingerprint density at radius 1 is 1.35 bits per heavy atom. The van der Waals surface area contributed by atoms with Crippen LogP contribution in [0.3, 0.4) is 0 Å². The summed E-state index contributed by atoms with van der Waals surface area (Å²) in [6, 6.07) is 0. The lowest BCUT2D eigenvalue weighted by Crippen LogP contribution is -2.47. The summed E-state index contributed by atoms with van der Waals surface area (Å²) < 4.78 is 48.7. The molecule has 0 bridgehead atoms. The maximum absolute atomic E-state index is 12.5. The third-order valence-electron chi connectivity index (χ3n) is 2.17. The highest BCUT2D eigenvalue weighted by Gasteiger charge is 2.48. The molecule has 17 heavy (non-hydrogen) atoms. The molecule has 1 N–H and O–H groups in total. The van der Waals surface area contributed by atoms with E-state index in [2.05, 4.69) is 15.9 Å². The zero-order valence-electron chi connectivity index (χ0n) is 8.98. The molecule has 0 aromatic rings. The molecular weight excluding hydrogens is 310 g/mol. The highest BCUT2D eigenvalue weighted by molar-refractivity contribution is 9.09. The Morgan fingerprint density at radius 2 is 1.88 bits per heavy atom. The third kappa shape index (κ3) is 4.61. The van der Waals surface area contributed by atoms with E-state index < -0.39 is 24.2 Å². The summed E-state index contributed by atoms with van der Waals surface area (Å²) in [5.74, 6) is -7.73. The first-order chi connectivity index (χ1) is 7.77. The maximum atomic E-state index is 12.5. The standard InChI is InChI=1S/C9H12BrF4NO2/c1-2-5(6(16)3-10)4-15-8(17)9(13,14)7(11)12/h5,7H,2-4H2,1H3,(H,15,17). The second-order valence-electron chi connectivity index (χ2n) is 3.34. The molecule has 0 aliphatic rings. The van der Waals surface area contributed by atoms with Gasteiger partial charge in [-0.15, -0.1) is 0 Å². The number of rotatable bonds is 7. The van der Waals surface area contributed by atoms with Crippen LogP contribution in [-0.4, -0.2) is 35.9 Å². The molecule has 0 aromatic heterocycles. The lowest BCUT2D eigenvalue weighted by Gasteiger charge is -2.17. The van der Waals surface area contributed by atoms with E-state index >= 15 is 0 Å². The van der Waals surface area contributed by atoms with Crippen molar-refractivity contribution in [1.29, 1.82) is 0 Å². The van der Waals surface area contributed by atoms with Crippen molar-refractivity contribution >= 4 is 27.6 Å². The van der Waals surface area contributed by atoms with E-state index in [9.17, 15) is 27.2 Å². The van der Waals surface area contributed by atoms with Crippen LogP contribution in [0.2, 0.25) is 0 Å². The van der Waals surface area contributed by atoms with Crippen molar-refractivity contribution in [2.75, 3.05) is 11.9 Å². The fraction of sp³-hybridized carbons (Fsp3) is 0.778. The Kier molecular flexibility index (Phi) is 6.66. The summed E-state index contributed by atoms with van der Waals surface area (Å²) in [5, 5.41) is 1.68. The van der Waals surface area contributed by atoms with Gasteiger partial charge in [-0.05, 0) is 6.42 Å². The van der Waals surface area contributed by atoms with Gasteiger partial charge in [0.05, 0.1) is 5.33 Å². The van der Waals surface area contributed by atoms with Crippen molar-refractivity contribution in [2.45, 2.75) is 25.7 Å². The molecule has 1 unspecified atom stereocenters. The molecule has 0 rings (SSSR count). The first-order valence-electron chi connectivity index (χ1n) is 4.80. The van der Waals surface area contributed by atoms with Gasteiger partial charge in [-0.2, -0.15) is 8.78 Å². The summed E-state index contributed by atoms with van der Waals surface area (Å²) >= 11 is 2.90. The molecule has 0 spiro atoms. The largest absolute Gasteiger partial charge is 0.383 e. The molecule has 0 heterocycles. The van der Waals surface area contributed by atoms with Gasteiger partial charge in [0.25, 0.3) is 5.91 Å². The number of nitrogens with one attached hydrogen (secondary N) is 1. The number of amides is 1. The van der Waals surface area contributed by atoms with Gasteiger partial charge in [-0.25, -0.2) is 8.78 Å². The second kappa shape index (κ2) is 6.93. The van der Waals surface area contributed by atoms with E-state index in [0.29, 0.717) is 6.42 Å². The van der Waals surface area contributed by atoms with E-state index in [1.165, 1.54) is 0 Å². The van der Waals surface area contributed by atoms with Gasteiger partial charge in [0.15, 0.2) is 0 Å². The molecule has 0 aliphatic carbocycles. The number of carbonyl (C=O) groups is 2. The van der Waals surface area contributed by atoms with Crippen molar-refractivity contribution < 1.29 is 27.2 Å². The molecule has 0 saturated carbocycles. The minimum Gasteiger partial charge on any atom is -0.350 e. The average molecular weight is 322 g/mol. The predicted octanol–water partition coefficient (Wildman–Crippen LogP) is 1.99. The number of hydrogen-bond acceptors (Lipinski definition) is 2. The molecule has 1 amide bonds. The van der Waals surface area contributed by atoms with Gasteiger partial charge in [-0.1, -0.05) is 22.9 Å². The molecule has 0 fully saturated rings. The van der Waals surface area contributed by atoms with Gasteiger partial charge in [0.1, 0.15) is 5.78 Å². The molecule has 0 aromatic carbocycles. The van der Waals surface area contributed by atoms with Crippen LogP contribution in [0.25, 0.3) is 0 Å². The molecule has 1 atom stereocenters. The van der Waals surface area contributed by atoms with E-state index in [-0.39, 0.29) is 17.7 Å². The highest BCUT2D eigenvalue weighted by atomic mass is 79.9. The number of carbonyl (C=O) groups excluding carboxylic acids is 2. The van der Waals surface area contributed by atoms with Crippen LogP contribution in [0.5, 0.6) is 0 Å². The lowest BCUT2D eigenvalue weighted by molar-refractivity contribution is -0.169. The van der Waals surface area contributed by atoms with Crippen LogP contribution in [-0.2, 0) is 9.59 Å².